The lowest BCUT2D eigenvalue weighted by molar-refractivity contribution is 0.342. The molecule has 0 fully saturated rings. The van der Waals surface area contributed by atoms with Crippen LogP contribution in [0.25, 0.3) is 0 Å². The summed E-state index contributed by atoms with van der Waals surface area (Å²) in [4.78, 5) is 0. The van der Waals surface area contributed by atoms with Gasteiger partial charge in [-0.2, -0.15) is 8.42 Å². The Labute approximate surface area is 106 Å². The Morgan fingerprint density at radius 3 is 2.59 bits per heavy atom. The number of oxime groups is 1. The number of hydrogen-bond acceptors (Lipinski definition) is 4. The van der Waals surface area contributed by atoms with Crippen LogP contribution in [0.15, 0.2) is 42.1 Å². The van der Waals surface area contributed by atoms with Gasteiger partial charge in [-0.3, -0.25) is 4.28 Å². The molecule has 1 rings (SSSR count). The molecule has 0 aliphatic heterocycles. The fourth-order valence-electron chi connectivity index (χ4n) is 1.01. The number of benzene rings is 1. The minimum atomic E-state index is -3.73. The number of rotatable bonds is 5. The highest BCUT2D eigenvalue weighted by atomic mass is 35.5. The smallest absolute Gasteiger partial charge is 0.267 e. The third-order valence-electron chi connectivity index (χ3n) is 1.84. The Morgan fingerprint density at radius 1 is 1.47 bits per heavy atom. The molecule has 0 bridgehead atoms. The van der Waals surface area contributed by atoms with Gasteiger partial charge >= 0.3 is 10.1 Å². The molecule has 1 aromatic rings. The van der Waals surface area contributed by atoms with E-state index >= 15 is 0 Å². The SMILES string of the molecule is C=CCS(=O)(=O)O/N=C(\Cl)c1ccc(C)cc1. The van der Waals surface area contributed by atoms with Crippen LogP contribution in [-0.2, 0) is 14.4 Å². The van der Waals surface area contributed by atoms with E-state index in [1.165, 1.54) is 6.08 Å². The summed E-state index contributed by atoms with van der Waals surface area (Å²) >= 11 is 5.80. The van der Waals surface area contributed by atoms with E-state index in [1.807, 2.05) is 19.1 Å². The van der Waals surface area contributed by atoms with Crippen LogP contribution in [0.5, 0.6) is 0 Å². The van der Waals surface area contributed by atoms with Crippen LogP contribution in [0.3, 0.4) is 0 Å². The standard InChI is InChI=1S/C11H12ClNO3S/c1-3-8-17(14,15)16-13-11(12)10-6-4-9(2)5-7-10/h3-7H,1,8H2,2H3/b13-11-. The summed E-state index contributed by atoms with van der Waals surface area (Å²) in [6, 6.07) is 7.13. The van der Waals surface area contributed by atoms with Crippen molar-refractivity contribution in [1.29, 1.82) is 0 Å². The molecule has 0 amide bonds. The molecule has 4 nitrogen and oxygen atoms in total. The van der Waals surface area contributed by atoms with Crippen LogP contribution in [0.1, 0.15) is 11.1 Å². The number of aryl methyl sites for hydroxylation is 1. The molecule has 0 atom stereocenters. The third kappa shape index (κ3) is 4.58. The fourth-order valence-corrected chi connectivity index (χ4v) is 1.75. The molecule has 92 valence electrons. The van der Waals surface area contributed by atoms with E-state index in [9.17, 15) is 8.42 Å². The Hall–Kier alpha value is -1.33. The molecule has 17 heavy (non-hydrogen) atoms. The largest absolute Gasteiger partial charge is 0.332 e. The molecule has 0 aromatic heterocycles. The minimum Gasteiger partial charge on any atom is -0.267 e. The zero-order chi connectivity index (χ0) is 12.9. The number of halogens is 1. The first-order valence-electron chi connectivity index (χ1n) is 4.77. The zero-order valence-corrected chi connectivity index (χ0v) is 10.8. The van der Waals surface area contributed by atoms with Gasteiger partial charge < -0.3 is 0 Å². The summed E-state index contributed by atoms with van der Waals surface area (Å²) in [7, 11) is -3.73. The molecule has 0 saturated carbocycles. The van der Waals surface area contributed by atoms with E-state index in [2.05, 4.69) is 16.0 Å². The second-order valence-corrected chi connectivity index (χ2v) is 5.29. The van der Waals surface area contributed by atoms with Crippen molar-refractivity contribution in [3.8, 4) is 0 Å². The number of nitrogens with zero attached hydrogens (tertiary/aromatic N) is 1. The molecular formula is C11H12ClNO3S. The van der Waals surface area contributed by atoms with Crippen molar-refractivity contribution in [2.75, 3.05) is 5.75 Å². The van der Waals surface area contributed by atoms with Crippen molar-refractivity contribution in [3.05, 3.63) is 48.0 Å². The predicted octanol–water partition coefficient (Wildman–Crippen LogP) is 2.43. The normalized spacial score (nSPS) is 12.2. The minimum absolute atomic E-state index is 0.0161. The first kappa shape index (κ1) is 13.7. The maximum atomic E-state index is 11.2. The van der Waals surface area contributed by atoms with Crippen LogP contribution in [0.4, 0.5) is 0 Å². The lowest BCUT2D eigenvalue weighted by Gasteiger charge is -2.00. The average Bonchev–Trinajstić information content (AvgIpc) is 2.27. The molecule has 0 aliphatic rings. The summed E-state index contributed by atoms with van der Waals surface area (Å²) in [5.74, 6) is -0.311. The van der Waals surface area contributed by atoms with Gasteiger partial charge in [0.15, 0.2) is 5.17 Å². The van der Waals surface area contributed by atoms with Crippen LogP contribution in [-0.4, -0.2) is 19.3 Å². The second kappa shape index (κ2) is 5.84. The van der Waals surface area contributed by atoms with Gasteiger partial charge in [0.1, 0.15) is 5.75 Å². The fraction of sp³-hybridized carbons (Fsp3) is 0.182. The maximum Gasteiger partial charge on any atom is 0.332 e. The van der Waals surface area contributed by atoms with Crippen LogP contribution in [0.2, 0.25) is 0 Å². The van der Waals surface area contributed by atoms with Crippen molar-refractivity contribution in [2.45, 2.75) is 6.92 Å². The van der Waals surface area contributed by atoms with Crippen LogP contribution < -0.4 is 0 Å². The highest BCUT2D eigenvalue weighted by Crippen LogP contribution is 2.08. The second-order valence-electron chi connectivity index (χ2n) is 3.34. The molecule has 0 saturated heterocycles. The van der Waals surface area contributed by atoms with Crippen molar-refractivity contribution >= 4 is 26.9 Å². The van der Waals surface area contributed by atoms with Crippen molar-refractivity contribution in [3.63, 3.8) is 0 Å². The van der Waals surface area contributed by atoms with E-state index in [4.69, 9.17) is 11.6 Å². The Balaban J connectivity index is 2.80. The molecule has 0 radical (unpaired) electrons. The third-order valence-corrected chi connectivity index (χ3v) is 3.08. The quantitative estimate of drug-likeness (QED) is 0.470. The van der Waals surface area contributed by atoms with E-state index in [0.717, 1.165) is 5.56 Å². The van der Waals surface area contributed by atoms with Gasteiger partial charge in [-0.25, -0.2) is 0 Å². The monoisotopic (exact) mass is 273 g/mol. The molecule has 1 aromatic carbocycles. The molecular weight excluding hydrogens is 262 g/mol. The van der Waals surface area contributed by atoms with Gasteiger partial charge in [-0.15, -0.1) is 6.58 Å². The van der Waals surface area contributed by atoms with Crippen molar-refractivity contribution in [2.24, 2.45) is 5.16 Å². The van der Waals surface area contributed by atoms with Gasteiger partial charge in [0.25, 0.3) is 0 Å². The number of hydrogen-bond donors (Lipinski definition) is 0. The van der Waals surface area contributed by atoms with Gasteiger partial charge in [0, 0.05) is 5.56 Å². The summed E-state index contributed by atoms with van der Waals surface area (Å²) in [6.45, 7) is 5.23. The maximum absolute atomic E-state index is 11.2. The average molecular weight is 274 g/mol. The Morgan fingerprint density at radius 2 is 2.06 bits per heavy atom. The van der Waals surface area contributed by atoms with E-state index in [-0.39, 0.29) is 10.9 Å². The molecule has 0 spiro atoms. The molecule has 0 aliphatic carbocycles. The summed E-state index contributed by atoms with van der Waals surface area (Å²) in [6.07, 6.45) is 1.21. The van der Waals surface area contributed by atoms with Crippen molar-refractivity contribution in [1.82, 2.24) is 0 Å². The van der Waals surface area contributed by atoms with E-state index in [1.54, 1.807) is 12.1 Å². The molecule has 0 unspecified atom stereocenters. The van der Waals surface area contributed by atoms with Gasteiger partial charge in [0.2, 0.25) is 0 Å². The Kier molecular flexibility index (Phi) is 4.72. The highest BCUT2D eigenvalue weighted by Gasteiger charge is 2.09. The topological polar surface area (TPSA) is 55.7 Å². The van der Waals surface area contributed by atoms with E-state index < -0.39 is 10.1 Å². The summed E-state index contributed by atoms with van der Waals surface area (Å²) in [5.41, 5.74) is 1.66. The van der Waals surface area contributed by atoms with Gasteiger partial charge in [-0.05, 0) is 6.92 Å². The van der Waals surface area contributed by atoms with Gasteiger partial charge in [0.05, 0.1) is 0 Å². The summed E-state index contributed by atoms with van der Waals surface area (Å²) < 4.78 is 26.7. The Bertz CT molecular complexity index is 520. The first-order chi connectivity index (χ1) is 7.94. The first-order valence-corrected chi connectivity index (χ1v) is 6.73. The van der Waals surface area contributed by atoms with Gasteiger partial charge in [-0.1, -0.05) is 52.7 Å². The summed E-state index contributed by atoms with van der Waals surface area (Å²) in [5, 5.41) is 3.34. The molecule has 0 heterocycles. The zero-order valence-electron chi connectivity index (χ0n) is 9.26. The predicted molar refractivity (Wildman–Crippen MR) is 68.6 cm³/mol. The van der Waals surface area contributed by atoms with Crippen LogP contribution >= 0.6 is 11.6 Å². The van der Waals surface area contributed by atoms with Crippen LogP contribution in [0, 0.1) is 6.92 Å². The van der Waals surface area contributed by atoms with E-state index in [0.29, 0.717) is 5.56 Å². The lowest BCUT2D eigenvalue weighted by atomic mass is 10.2. The molecule has 0 N–H and O–H groups in total. The highest BCUT2D eigenvalue weighted by molar-refractivity contribution is 7.86. The lowest BCUT2D eigenvalue weighted by Crippen LogP contribution is -2.06. The van der Waals surface area contributed by atoms with Crippen molar-refractivity contribution < 1.29 is 12.7 Å². The molecule has 6 heteroatoms.